The number of aliphatic carboxylic acids is 1. The Labute approximate surface area is 125 Å². The van der Waals surface area contributed by atoms with Crippen LogP contribution in [0.5, 0.6) is 0 Å². The van der Waals surface area contributed by atoms with Crippen LogP contribution < -0.4 is 5.32 Å². The number of aliphatic hydroxyl groups excluding tert-OH is 1. The number of aliphatic hydroxyl groups is 1. The van der Waals surface area contributed by atoms with E-state index in [9.17, 15) is 9.59 Å². The smallest absolute Gasteiger partial charge is 0.305 e. The second-order valence-electron chi connectivity index (χ2n) is 5.32. The van der Waals surface area contributed by atoms with Gasteiger partial charge in [-0.2, -0.15) is 0 Å². The van der Waals surface area contributed by atoms with Gasteiger partial charge < -0.3 is 15.5 Å². The van der Waals surface area contributed by atoms with E-state index in [0.717, 1.165) is 5.56 Å². The number of carboxylic acid groups (broad SMARTS) is 1. The normalized spacial score (nSPS) is 12.4. The molecule has 0 aliphatic carbocycles. The summed E-state index contributed by atoms with van der Waals surface area (Å²) < 4.78 is 0. The fourth-order valence-electron chi connectivity index (χ4n) is 2.02. The first-order chi connectivity index (χ1) is 9.95. The molecular weight excluding hydrogens is 270 g/mol. The number of ketones is 1. The van der Waals surface area contributed by atoms with Crippen LogP contribution in [0.4, 0.5) is 0 Å². The van der Waals surface area contributed by atoms with E-state index < -0.39 is 12.0 Å². The Bertz CT molecular complexity index is 468. The number of hydrogen-bond donors (Lipinski definition) is 3. The van der Waals surface area contributed by atoms with Crippen molar-refractivity contribution in [1.29, 1.82) is 0 Å². The van der Waals surface area contributed by atoms with E-state index in [-0.39, 0.29) is 18.8 Å². The molecule has 0 aliphatic heterocycles. The van der Waals surface area contributed by atoms with Crippen molar-refractivity contribution >= 4 is 11.8 Å². The van der Waals surface area contributed by atoms with E-state index in [0.29, 0.717) is 24.4 Å². The third-order valence-electron chi connectivity index (χ3n) is 3.28. The lowest BCUT2D eigenvalue weighted by atomic mass is 9.97. The van der Waals surface area contributed by atoms with Crippen molar-refractivity contribution in [2.24, 2.45) is 0 Å². The average molecular weight is 293 g/mol. The number of hydrogen-bond acceptors (Lipinski definition) is 4. The van der Waals surface area contributed by atoms with E-state index in [4.69, 9.17) is 10.2 Å². The van der Waals surface area contributed by atoms with E-state index in [1.54, 1.807) is 12.1 Å². The second kappa shape index (κ2) is 8.54. The first-order valence-electron chi connectivity index (χ1n) is 7.16. The summed E-state index contributed by atoms with van der Waals surface area (Å²) in [5.74, 6) is -0.874. The molecule has 0 fully saturated rings. The summed E-state index contributed by atoms with van der Waals surface area (Å²) in [6.07, 6.45) is 0.214. The van der Waals surface area contributed by atoms with Gasteiger partial charge in [-0.25, -0.2) is 0 Å². The largest absolute Gasteiger partial charge is 0.481 e. The number of benzene rings is 1. The first-order valence-corrected chi connectivity index (χ1v) is 7.16. The first kappa shape index (κ1) is 17.3. The van der Waals surface area contributed by atoms with Gasteiger partial charge in [0.25, 0.3) is 0 Å². The molecule has 5 heteroatoms. The van der Waals surface area contributed by atoms with Crippen molar-refractivity contribution in [3.8, 4) is 0 Å². The minimum Gasteiger partial charge on any atom is -0.481 e. The summed E-state index contributed by atoms with van der Waals surface area (Å²) in [6, 6.07) is 6.49. The van der Waals surface area contributed by atoms with Crippen LogP contribution in [0.3, 0.4) is 0 Å². The molecule has 5 nitrogen and oxygen atoms in total. The molecule has 0 saturated heterocycles. The highest BCUT2D eigenvalue weighted by atomic mass is 16.4. The Morgan fingerprint density at radius 1 is 1.19 bits per heavy atom. The van der Waals surface area contributed by atoms with Gasteiger partial charge in [0.2, 0.25) is 0 Å². The summed E-state index contributed by atoms with van der Waals surface area (Å²) in [5.41, 5.74) is 1.64. The molecular formula is C16H23NO4. The van der Waals surface area contributed by atoms with Crippen molar-refractivity contribution in [2.75, 3.05) is 13.2 Å². The quantitative estimate of drug-likeness (QED) is 0.477. The highest BCUT2D eigenvalue weighted by molar-refractivity contribution is 6.01. The third kappa shape index (κ3) is 5.65. The summed E-state index contributed by atoms with van der Waals surface area (Å²) in [5, 5.41) is 20.6. The molecule has 116 valence electrons. The van der Waals surface area contributed by atoms with E-state index in [1.165, 1.54) is 0 Å². The molecule has 0 radical (unpaired) electrons. The highest BCUT2D eigenvalue weighted by Crippen LogP contribution is 2.16. The van der Waals surface area contributed by atoms with Gasteiger partial charge in [-0.15, -0.1) is 0 Å². The molecule has 1 unspecified atom stereocenters. The second-order valence-corrected chi connectivity index (χ2v) is 5.32. The molecule has 1 rings (SSSR count). The van der Waals surface area contributed by atoms with Crippen molar-refractivity contribution in [2.45, 2.75) is 38.6 Å². The zero-order valence-electron chi connectivity index (χ0n) is 12.5. The third-order valence-corrected chi connectivity index (χ3v) is 3.28. The highest BCUT2D eigenvalue weighted by Gasteiger charge is 2.22. The summed E-state index contributed by atoms with van der Waals surface area (Å²) in [6.45, 7) is 4.55. The van der Waals surface area contributed by atoms with Crippen LogP contribution in [0.15, 0.2) is 24.3 Å². The molecule has 3 N–H and O–H groups in total. The van der Waals surface area contributed by atoms with Crippen LogP contribution in [0.2, 0.25) is 0 Å². The fourth-order valence-corrected chi connectivity index (χ4v) is 2.02. The molecule has 1 aromatic carbocycles. The number of carbonyl (C=O) groups is 2. The fraction of sp³-hybridized carbons (Fsp3) is 0.500. The Hall–Kier alpha value is -1.72. The summed E-state index contributed by atoms with van der Waals surface area (Å²) in [7, 11) is 0. The van der Waals surface area contributed by atoms with Crippen LogP contribution in [-0.2, 0) is 4.79 Å². The molecule has 0 saturated carbocycles. The Kier molecular flexibility index (Phi) is 7.05. The summed E-state index contributed by atoms with van der Waals surface area (Å²) in [4.78, 5) is 23.2. The molecule has 0 heterocycles. The summed E-state index contributed by atoms with van der Waals surface area (Å²) >= 11 is 0. The van der Waals surface area contributed by atoms with E-state index in [2.05, 4.69) is 19.2 Å². The van der Waals surface area contributed by atoms with Gasteiger partial charge in [0, 0.05) is 12.2 Å². The zero-order valence-corrected chi connectivity index (χ0v) is 12.5. The Morgan fingerprint density at radius 3 is 2.29 bits per heavy atom. The Morgan fingerprint density at radius 2 is 1.81 bits per heavy atom. The maximum Gasteiger partial charge on any atom is 0.305 e. The zero-order chi connectivity index (χ0) is 15.8. The number of Topliss-reactive ketones (excluding diaryl/α,β-unsaturated/α-hetero) is 1. The molecule has 21 heavy (non-hydrogen) atoms. The van der Waals surface area contributed by atoms with Crippen molar-refractivity contribution in [3.63, 3.8) is 0 Å². The maximum absolute atomic E-state index is 12.4. The number of nitrogens with one attached hydrogen (secondary N) is 1. The average Bonchev–Trinajstić information content (AvgIpc) is 2.45. The molecule has 0 amide bonds. The van der Waals surface area contributed by atoms with Gasteiger partial charge in [0.1, 0.15) is 0 Å². The lowest BCUT2D eigenvalue weighted by Crippen LogP contribution is -2.39. The predicted molar refractivity (Wildman–Crippen MR) is 80.6 cm³/mol. The van der Waals surface area contributed by atoms with Gasteiger partial charge in [0.05, 0.1) is 12.5 Å². The SMILES string of the molecule is CC(C)c1ccc(C(=O)C(CC(=O)O)NCCCO)cc1. The lowest BCUT2D eigenvalue weighted by molar-refractivity contribution is -0.137. The van der Waals surface area contributed by atoms with Crippen molar-refractivity contribution in [1.82, 2.24) is 5.32 Å². The molecule has 0 aromatic heterocycles. The van der Waals surface area contributed by atoms with Crippen LogP contribution in [0, 0.1) is 0 Å². The van der Waals surface area contributed by atoms with Gasteiger partial charge in [-0.3, -0.25) is 9.59 Å². The standard InChI is InChI=1S/C16H23NO4/c1-11(2)12-4-6-13(7-5-12)16(21)14(10-15(19)20)17-8-3-9-18/h4-7,11,14,17-18H,3,8-10H2,1-2H3,(H,19,20). The van der Waals surface area contributed by atoms with Gasteiger partial charge in [0.15, 0.2) is 5.78 Å². The van der Waals surface area contributed by atoms with Gasteiger partial charge in [-0.1, -0.05) is 38.1 Å². The van der Waals surface area contributed by atoms with Gasteiger partial charge >= 0.3 is 5.97 Å². The minimum atomic E-state index is -1.02. The molecule has 0 bridgehead atoms. The molecule has 1 aromatic rings. The van der Waals surface area contributed by atoms with Crippen molar-refractivity contribution < 1.29 is 19.8 Å². The minimum absolute atomic E-state index is 0.00404. The van der Waals surface area contributed by atoms with E-state index >= 15 is 0 Å². The topological polar surface area (TPSA) is 86.6 Å². The monoisotopic (exact) mass is 293 g/mol. The number of rotatable bonds is 9. The molecule has 0 spiro atoms. The van der Waals surface area contributed by atoms with Crippen molar-refractivity contribution in [3.05, 3.63) is 35.4 Å². The van der Waals surface area contributed by atoms with Crippen LogP contribution in [-0.4, -0.2) is 41.2 Å². The predicted octanol–water partition coefficient (Wildman–Crippen LogP) is 1.81. The van der Waals surface area contributed by atoms with Gasteiger partial charge in [-0.05, 0) is 24.4 Å². The lowest BCUT2D eigenvalue weighted by Gasteiger charge is -2.16. The van der Waals surface area contributed by atoms with Crippen LogP contribution >= 0.6 is 0 Å². The van der Waals surface area contributed by atoms with Crippen LogP contribution in [0.1, 0.15) is 48.5 Å². The molecule has 0 aliphatic rings. The van der Waals surface area contributed by atoms with E-state index in [1.807, 2.05) is 12.1 Å². The number of carboxylic acids is 1. The maximum atomic E-state index is 12.4. The molecule has 1 atom stereocenters. The van der Waals surface area contributed by atoms with Crippen LogP contribution in [0.25, 0.3) is 0 Å². The Balaban J connectivity index is 2.80. The number of carbonyl (C=O) groups excluding carboxylic acids is 1.